The van der Waals surface area contributed by atoms with Crippen LogP contribution in [0.2, 0.25) is 0 Å². The smallest absolute Gasteiger partial charge is 0.410 e. The number of hydrogen-bond donors (Lipinski definition) is 1. The minimum absolute atomic E-state index is 0.0109. The molecule has 3 unspecified atom stereocenters. The normalized spacial score (nSPS) is 21.2. The molecular formula is C31H41N5O4S. The van der Waals surface area contributed by atoms with Crippen molar-refractivity contribution >= 4 is 29.1 Å². The molecule has 3 atom stereocenters. The molecule has 1 saturated heterocycles. The van der Waals surface area contributed by atoms with E-state index >= 15 is 0 Å². The number of non-ortho nitro benzene ring substituents is 1. The Kier molecular flexibility index (Phi) is 10.7. The van der Waals surface area contributed by atoms with Gasteiger partial charge in [0.15, 0.2) is 5.11 Å². The maximum atomic E-state index is 13.0. The van der Waals surface area contributed by atoms with Crippen LogP contribution < -0.4 is 5.32 Å². The van der Waals surface area contributed by atoms with Crippen molar-refractivity contribution in [1.82, 2.24) is 20.0 Å². The zero-order valence-electron chi connectivity index (χ0n) is 24.0. The maximum absolute atomic E-state index is 13.0. The van der Waals surface area contributed by atoms with Crippen molar-refractivity contribution in [2.45, 2.75) is 50.3 Å². The molecule has 2 fully saturated rings. The van der Waals surface area contributed by atoms with Crippen LogP contribution in [0.5, 0.6) is 0 Å². The number of carbonyl (C=O) groups excluding carboxylic acids is 1. The lowest BCUT2D eigenvalue weighted by Gasteiger charge is -2.39. The molecule has 2 aromatic carbocycles. The number of nitrogens with zero attached hydrogens (tertiary/aromatic N) is 4. The van der Waals surface area contributed by atoms with E-state index < -0.39 is 4.92 Å². The highest BCUT2D eigenvalue weighted by Crippen LogP contribution is 2.42. The van der Waals surface area contributed by atoms with Gasteiger partial charge in [-0.1, -0.05) is 36.4 Å². The maximum Gasteiger partial charge on any atom is 0.410 e. The van der Waals surface area contributed by atoms with Gasteiger partial charge in [0.05, 0.1) is 4.92 Å². The first-order valence-electron chi connectivity index (χ1n) is 14.3. The molecule has 1 amide bonds. The Morgan fingerprint density at radius 2 is 1.83 bits per heavy atom. The van der Waals surface area contributed by atoms with E-state index in [9.17, 15) is 14.9 Å². The number of nitro groups is 1. The van der Waals surface area contributed by atoms with E-state index in [1.54, 1.807) is 23.1 Å². The fourth-order valence-electron chi connectivity index (χ4n) is 6.26. The number of hydrogen-bond acceptors (Lipinski definition) is 6. The van der Waals surface area contributed by atoms with Crippen LogP contribution in [0.1, 0.15) is 42.7 Å². The molecule has 0 spiro atoms. The van der Waals surface area contributed by atoms with E-state index in [1.165, 1.54) is 17.7 Å². The van der Waals surface area contributed by atoms with Crippen molar-refractivity contribution < 1.29 is 14.5 Å². The van der Waals surface area contributed by atoms with Gasteiger partial charge in [-0.2, -0.15) is 0 Å². The van der Waals surface area contributed by atoms with Crippen molar-refractivity contribution in [1.29, 1.82) is 0 Å². The highest BCUT2D eigenvalue weighted by molar-refractivity contribution is 7.80. The second-order valence-electron chi connectivity index (χ2n) is 11.0. The number of benzene rings is 2. The number of nitrogens with one attached hydrogen (secondary N) is 1. The number of amides is 1. The molecule has 1 aliphatic carbocycles. The van der Waals surface area contributed by atoms with Gasteiger partial charge in [-0.15, -0.1) is 6.58 Å². The minimum atomic E-state index is -0.446. The van der Waals surface area contributed by atoms with Crippen LogP contribution in [0.25, 0.3) is 0 Å². The molecule has 220 valence electrons. The van der Waals surface area contributed by atoms with Gasteiger partial charge in [0.1, 0.15) is 6.61 Å². The van der Waals surface area contributed by atoms with E-state index in [0.29, 0.717) is 30.0 Å². The molecule has 1 saturated carbocycles. The predicted molar refractivity (Wildman–Crippen MR) is 165 cm³/mol. The minimum Gasteiger partial charge on any atom is -0.445 e. The predicted octanol–water partition coefficient (Wildman–Crippen LogP) is 5.18. The Morgan fingerprint density at radius 3 is 2.44 bits per heavy atom. The summed E-state index contributed by atoms with van der Waals surface area (Å²) < 4.78 is 5.59. The number of carbonyl (C=O) groups is 1. The summed E-state index contributed by atoms with van der Waals surface area (Å²) in [5.74, 6) is 1.00. The van der Waals surface area contributed by atoms with Gasteiger partial charge in [-0.05, 0) is 73.0 Å². The Morgan fingerprint density at radius 1 is 1.15 bits per heavy atom. The second-order valence-corrected chi connectivity index (χ2v) is 11.4. The third-order valence-corrected chi connectivity index (χ3v) is 9.03. The third kappa shape index (κ3) is 7.83. The molecule has 41 heavy (non-hydrogen) atoms. The molecule has 4 rings (SSSR count). The van der Waals surface area contributed by atoms with E-state index in [-0.39, 0.29) is 24.4 Å². The van der Waals surface area contributed by atoms with E-state index in [0.717, 1.165) is 50.4 Å². The summed E-state index contributed by atoms with van der Waals surface area (Å²) in [5, 5.41) is 14.8. The Balaban J connectivity index is 1.33. The first-order valence-corrected chi connectivity index (χ1v) is 14.7. The number of nitro benzene ring substituents is 1. The Labute approximate surface area is 248 Å². The lowest BCUT2D eigenvalue weighted by molar-refractivity contribution is -0.384. The zero-order chi connectivity index (χ0) is 29.4. The van der Waals surface area contributed by atoms with Gasteiger partial charge in [0.25, 0.3) is 5.69 Å². The standard InChI is InChI=1S/C31H41N5O4S/c1-4-16-35(31(37)40-22-23-10-12-27(13-11-23)36(38)39)26-14-17-34(18-15-26)21-25-19-28(33(3)30(41)32-2)20-29(25)24-8-6-5-7-9-24/h4-13,25-26,28-29H,1,14-22H2,2-3H3,(H,32,41). The lowest BCUT2D eigenvalue weighted by atomic mass is 9.88. The molecule has 9 nitrogen and oxygen atoms in total. The fraction of sp³-hybridized carbons (Fsp3) is 0.484. The van der Waals surface area contributed by atoms with Crippen LogP contribution in [0.4, 0.5) is 10.5 Å². The number of ether oxygens (including phenoxy) is 1. The van der Waals surface area contributed by atoms with Crippen LogP contribution >= 0.6 is 12.2 Å². The third-order valence-electron chi connectivity index (χ3n) is 8.54. The zero-order valence-corrected chi connectivity index (χ0v) is 24.8. The fourth-order valence-corrected chi connectivity index (χ4v) is 6.41. The average molecular weight is 580 g/mol. The first-order chi connectivity index (χ1) is 19.8. The van der Waals surface area contributed by atoms with E-state index in [2.05, 4.69) is 59.1 Å². The van der Waals surface area contributed by atoms with Gasteiger partial charge in [-0.3, -0.25) is 10.1 Å². The molecule has 0 aromatic heterocycles. The molecule has 2 aliphatic rings. The summed E-state index contributed by atoms with van der Waals surface area (Å²) in [4.78, 5) is 30.0. The van der Waals surface area contributed by atoms with Crippen molar-refractivity contribution in [3.63, 3.8) is 0 Å². The number of rotatable bonds is 10. The van der Waals surface area contributed by atoms with Crippen LogP contribution in [-0.2, 0) is 11.3 Å². The van der Waals surface area contributed by atoms with Crippen molar-refractivity contribution in [3.05, 3.63) is 88.5 Å². The van der Waals surface area contributed by atoms with Crippen LogP contribution in [0, 0.1) is 16.0 Å². The summed E-state index contributed by atoms with van der Waals surface area (Å²) >= 11 is 5.54. The molecule has 10 heteroatoms. The monoisotopic (exact) mass is 579 g/mol. The van der Waals surface area contributed by atoms with Crippen molar-refractivity contribution in [2.75, 3.05) is 40.3 Å². The number of likely N-dealkylation sites (tertiary alicyclic amines) is 1. The average Bonchev–Trinajstić information content (AvgIpc) is 3.42. The van der Waals surface area contributed by atoms with Crippen molar-refractivity contribution in [3.8, 4) is 0 Å². The van der Waals surface area contributed by atoms with Gasteiger partial charge >= 0.3 is 6.09 Å². The number of piperidine rings is 1. The summed E-state index contributed by atoms with van der Waals surface area (Å²) in [6.45, 7) is 7.19. The molecule has 0 radical (unpaired) electrons. The Bertz CT molecular complexity index is 1190. The van der Waals surface area contributed by atoms with Crippen LogP contribution in [0.3, 0.4) is 0 Å². The van der Waals surface area contributed by atoms with Gasteiger partial charge in [-0.25, -0.2) is 4.79 Å². The molecule has 0 bridgehead atoms. The van der Waals surface area contributed by atoms with Gasteiger partial charge in [0, 0.05) is 64.5 Å². The second kappa shape index (κ2) is 14.4. The lowest BCUT2D eigenvalue weighted by Crippen LogP contribution is -2.48. The van der Waals surface area contributed by atoms with E-state index in [4.69, 9.17) is 17.0 Å². The van der Waals surface area contributed by atoms with Crippen LogP contribution in [-0.4, -0.2) is 83.2 Å². The summed E-state index contributed by atoms with van der Waals surface area (Å²) in [6.07, 6.45) is 5.27. The largest absolute Gasteiger partial charge is 0.445 e. The summed E-state index contributed by atoms with van der Waals surface area (Å²) in [7, 11) is 3.97. The quantitative estimate of drug-likeness (QED) is 0.178. The number of thiocarbonyl (C=S) groups is 1. The van der Waals surface area contributed by atoms with Crippen molar-refractivity contribution in [2.24, 2.45) is 5.92 Å². The molecule has 1 N–H and O–H groups in total. The van der Waals surface area contributed by atoms with Gasteiger partial charge < -0.3 is 24.8 Å². The molecule has 2 aromatic rings. The Hall–Kier alpha value is -3.50. The molecule has 1 aliphatic heterocycles. The topological polar surface area (TPSA) is 91.2 Å². The summed E-state index contributed by atoms with van der Waals surface area (Å²) in [6, 6.07) is 17.4. The van der Waals surface area contributed by atoms with Crippen LogP contribution in [0.15, 0.2) is 67.3 Å². The summed E-state index contributed by atoms with van der Waals surface area (Å²) in [5.41, 5.74) is 2.12. The van der Waals surface area contributed by atoms with E-state index in [1.807, 2.05) is 7.05 Å². The SMILES string of the molecule is C=CCN(C(=O)OCc1ccc([N+](=O)[O-])cc1)C1CCN(CC2CC(N(C)C(=S)NC)CC2c2ccccc2)CC1. The highest BCUT2D eigenvalue weighted by atomic mass is 32.1. The molecular weight excluding hydrogens is 538 g/mol. The first kappa shape index (κ1) is 30.5. The highest BCUT2D eigenvalue weighted by Gasteiger charge is 2.39. The van der Waals surface area contributed by atoms with Gasteiger partial charge in [0.2, 0.25) is 0 Å². The molecule has 1 heterocycles.